The lowest BCUT2D eigenvalue weighted by atomic mass is 10.1. The first-order chi connectivity index (χ1) is 8.71. The van der Waals surface area contributed by atoms with Gasteiger partial charge in [0.2, 0.25) is 0 Å². The molecule has 1 aromatic rings. The Kier molecular flexibility index (Phi) is 7.16. The fourth-order valence-electron chi connectivity index (χ4n) is 1.77. The third kappa shape index (κ3) is 4.88. The number of thioether (sulfide) groups is 1. The normalized spacial score (nSPS) is 14.2. The van der Waals surface area contributed by atoms with Crippen LogP contribution in [0, 0.1) is 0 Å². The first-order valence-corrected chi connectivity index (χ1v) is 7.65. The molecule has 2 N–H and O–H groups in total. The van der Waals surface area contributed by atoms with Gasteiger partial charge in [-0.1, -0.05) is 19.1 Å². The molecule has 18 heavy (non-hydrogen) atoms. The molecular weight excluding hydrogens is 246 g/mol. The van der Waals surface area contributed by atoms with Crippen molar-refractivity contribution in [2.45, 2.75) is 25.5 Å². The van der Waals surface area contributed by atoms with Crippen molar-refractivity contribution in [2.24, 2.45) is 0 Å². The van der Waals surface area contributed by atoms with Crippen LogP contribution >= 0.6 is 11.8 Å². The Morgan fingerprint density at radius 1 is 1.44 bits per heavy atom. The summed E-state index contributed by atoms with van der Waals surface area (Å²) in [5.74, 6) is 1.85. The van der Waals surface area contributed by atoms with Gasteiger partial charge in [-0.2, -0.15) is 11.8 Å². The maximum atomic E-state index is 10.1. The summed E-state index contributed by atoms with van der Waals surface area (Å²) in [5, 5.41) is 13.5. The van der Waals surface area contributed by atoms with Crippen LogP contribution in [0.4, 0.5) is 0 Å². The van der Waals surface area contributed by atoms with Crippen LogP contribution in [0.15, 0.2) is 24.3 Å². The third-order valence-electron chi connectivity index (χ3n) is 2.94. The van der Waals surface area contributed by atoms with Crippen LogP contribution in [0.3, 0.4) is 0 Å². The number of rotatable bonds is 8. The monoisotopic (exact) mass is 269 g/mol. The molecule has 0 amide bonds. The van der Waals surface area contributed by atoms with Gasteiger partial charge in [-0.15, -0.1) is 0 Å². The lowest BCUT2D eigenvalue weighted by Gasteiger charge is -2.19. The van der Waals surface area contributed by atoms with E-state index in [1.54, 1.807) is 7.11 Å². The molecule has 1 rings (SSSR count). The second-order valence-corrected chi connectivity index (χ2v) is 5.17. The fourth-order valence-corrected chi connectivity index (χ4v) is 2.52. The summed E-state index contributed by atoms with van der Waals surface area (Å²) in [6.07, 6.45) is 2.69. The Labute approximate surface area is 114 Å². The van der Waals surface area contributed by atoms with Gasteiger partial charge in [-0.25, -0.2) is 0 Å². The molecular formula is C14H23NO2S. The number of aliphatic hydroxyl groups is 1. The van der Waals surface area contributed by atoms with Crippen LogP contribution in [0.5, 0.6) is 5.75 Å². The van der Waals surface area contributed by atoms with Gasteiger partial charge in [0.15, 0.2) is 0 Å². The summed E-state index contributed by atoms with van der Waals surface area (Å²) >= 11 is 1.82. The molecule has 3 nitrogen and oxygen atoms in total. The highest BCUT2D eigenvalue weighted by Gasteiger charge is 2.11. The molecule has 2 unspecified atom stereocenters. The zero-order valence-electron chi connectivity index (χ0n) is 11.3. The van der Waals surface area contributed by atoms with Crippen molar-refractivity contribution < 1.29 is 9.84 Å². The Morgan fingerprint density at radius 2 is 2.22 bits per heavy atom. The lowest BCUT2D eigenvalue weighted by molar-refractivity contribution is 0.170. The number of hydrogen-bond acceptors (Lipinski definition) is 4. The Balaban J connectivity index is 2.50. The van der Waals surface area contributed by atoms with Crippen molar-refractivity contribution in [3.05, 3.63) is 29.8 Å². The standard InChI is InChI=1S/C14H23NO2S/c1-4-12(10-18-3)15-9-14(16)11-6-5-7-13(8-11)17-2/h5-8,12,14-16H,4,9-10H2,1-3H3. The van der Waals surface area contributed by atoms with E-state index < -0.39 is 6.10 Å². The van der Waals surface area contributed by atoms with Gasteiger partial charge in [0, 0.05) is 18.3 Å². The van der Waals surface area contributed by atoms with Crippen LogP contribution in [-0.4, -0.2) is 36.8 Å². The minimum Gasteiger partial charge on any atom is -0.497 e. The molecule has 102 valence electrons. The minimum atomic E-state index is -0.490. The van der Waals surface area contributed by atoms with E-state index in [0.717, 1.165) is 23.5 Å². The summed E-state index contributed by atoms with van der Waals surface area (Å²) in [6, 6.07) is 8.04. The Bertz CT molecular complexity index is 346. The maximum Gasteiger partial charge on any atom is 0.119 e. The topological polar surface area (TPSA) is 41.5 Å². The van der Waals surface area contributed by atoms with Gasteiger partial charge in [-0.3, -0.25) is 0 Å². The average molecular weight is 269 g/mol. The smallest absolute Gasteiger partial charge is 0.119 e. The molecule has 0 radical (unpaired) electrons. The van der Waals surface area contributed by atoms with Crippen LogP contribution in [-0.2, 0) is 0 Å². The molecule has 0 aromatic heterocycles. The van der Waals surface area contributed by atoms with Crippen molar-refractivity contribution in [1.82, 2.24) is 5.32 Å². The van der Waals surface area contributed by atoms with Crippen molar-refractivity contribution in [3.8, 4) is 5.75 Å². The molecule has 0 heterocycles. The fraction of sp³-hybridized carbons (Fsp3) is 0.571. The van der Waals surface area contributed by atoms with Gasteiger partial charge in [0.25, 0.3) is 0 Å². The van der Waals surface area contributed by atoms with Gasteiger partial charge in [0.1, 0.15) is 5.75 Å². The molecule has 0 aliphatic carbocycles. The Morgan fingerprint density at radius 3 is 2.83 bits per heavy atom. The highest BCUT2D eigenvalue weighted by molar-refractivity contribution is 7.98. The molecule has 0 saturated heterocycles. The van der Waals surface area contributed by atoms with Crippen LogP contribution < -0.4 is 10.1 Å². The summed E-state index contributed by atoms with van der Waals surface area (Å²) in [4.78, 5) is 0. The van der Waals surface area contributed by atoms with Crippen molar-refractivity contribution in [3.63, 3.8) is 0 Å². The molecule has 2 atom stereocenters. The van der Waals surface area contributed by atoms with Crippen LogP contribution in [0.1, 0.15) is 25.0 Å². The summed E-state index contributed by atoms with van der Waals surface area (Å²) < 4.78 is 5.16. The quantitative estimate of drug-likeness (QED) is 0.761. The highest BCUT2D eigenvalue weighted by Crippen LogP contribution is 2.18. The summed E-state index contributed by atoms with van der Waals surface area (Å²) in [5.41, 5.74) is 0.890. The predicted octanol–water partition coefficient (Wildman–Crippen LogP) is 2.46. The number of hydrogen-bond donors (Lipinski definition) is 2. The number of ether oxygens (including phenoxy) is 1. The molecule has 0 saturated carbocycles. The van der Waals surface area contributed by atoms with E-state index in [1.165, 1.54) is 0 Å². The average Bonchev–Trinajstić information content (AvgIpc) is 2.43. The maximum absolute atomic E-state index is 10.1. The zero-order valence-corrected chi connectivity index (χ0v) is 12.2. The summed E-state index contributed by atoms with van der Waals surface area (Å²) in [7, 11) is 1.63. The number of aliphatic hydroxyl groups excluding tert-OH is 1. The van der Waals surface area contributed by atoms with E-state index in [2.05, 4.69) is 18.5 Å². The Hall–Kier alpha value is -0.710. The van der Waals surface area contributed by atoms with Gasteiger partial charge >= 0.3 is 0 Å². The SMILES string of the molecule is CCC(CSC)NCC(O)c1cccc(OC)c1. The second-order valence-electron chi connectivity index (χ2n) is 4.26. The largest absolute Gasteiger partial charge is 0.497 e. The van der Waals surface area contributed by atoms with Crippen molar-refractivity contribution >= 4 is 11.8 Å². The van der Waals surface area contributed by atoms with E-state index in [9.17, 15) is 5.11 Å². The van der Waals surface area contributed by atoms with Gasteiger partial charge in [0.05, 0.1) is 13.2 Å². The molecule has 0 aliphatic rings. The number of methoxy groups -OCH3 is 1. The molecule has 0 aliphatic heterocycles. The lowest BCUT2D eigenvalue weighted by Crippen LogP contribution is -2.34. The van der Waals surface area contributed by atoms with Gasteiger partial charge in [-0.05, 0) is 30.4 Å². The molecule has 0 fully saturated rings. The zero-order chi connectivity index (χ0) is 13.4. The third-order valence-corrected chi connectivity index (χ3v) is 3.67. The number of nitrogens with one attached hydrogen (secondary N) is 1. The van der Waals surface area contributed by atoms with Crippen molar-refractivity contribution in [2.75, 3.05) is 25.7 Å². The van der Waals surface area contributed by atoms with E-state index in [-0.39, 0.29) is 0 Å². The first-order valence-electron chi connectivity index (χ1n) is 6.25. The molecule has 0 spiro atoms. The van der Waals surface area contributed by atoms with Crippen molar-refractivity contribution in [1.29, 1.82) is 0 Å². The van der Waals surface area contributed by atoms with Crippen LogP contribution in [0.25, 0.3) is 0 Å². The van der Waals surface area contributed by atoms with E-state index >= 15 is 0 Å². The van der Waals surface area contributed by atoms with E-state index in [4.69, 9.17) is 4.74 Å². The minimum absolute atomic E-state index is 0.459. The first kappa shape index (κ1) is 15.3. The predicted molar refractivity (Wildman–Crippen MR) is 78.4 cm³/mol. The highest BCUT2D eigenvalue weighted by atomic mass is 32.2. The number of benzene rings is 1. The molecule has 4 heteroatoms. The summed E-state index contributed by atoms with van der Waals surface area (Å²) in [6.45, 7) is 2.73. The van der Waals surface area contributed by atoms with Crippen LogP contribution in [0.2, 0.25) is 0 Å². The van der Waals surface area contributed by atoms with E-state index in [0.29, 0.717) is 12.6 Å². The van der Waals surface area contributed by atoms with E-state index in [1.807, 2.05) is 36.0 Å². The second kappa shape index (κ2) is 8.40. The molecule has 0 bridgehead atoms. The van der Waals surface area contributed by atoms with Gasteiger partial charge < -0.3 is 15.2 Å². The molecule has 1 aromatic carbocycles.